The molecule has 0 aromatic rings. The molecule has 8 fully saturated rings. The zero-order valence-corrected chi connectivity index (χ0v) is 45.1. The molecule has 0 aliphatic heterocycles. The number of hydrogen-bond donors (Lipinski definition) is 3. The van der Waals surface area contributed by atoms with Crippen LogP contribution in [-0.2, 0) is 23.9 Å². The van der Waals surface area contributed by atoms with Crippen LogP contribution in [0.4, 0.5) is 0 Å². The fraction of sp³-hybridized carbons (Fsp3) is 0.920. The maximum absolute atomic E-state index is 13.3. The van der Waals surface area contributed by atoms with Crippen molar-refractivity contribution in [3.8, 4) is 0 Å². The number of carbonyl (C=O) groups excluding carboxylic acids is 3. The number of aliphatic hydroxyl groups is 2. The summed E-state index contributed by atoms with van der Waals surface area (Å²) in [6, 6.07) is 0. The van der Waals surface area contributed by atoms with Gasteiger partial charge in [0, 0.05) is 19.3 Å². The van der Waals surface area contributed by atoms with Crippen molar-refractivity contribution in [3.05, 3.63) is 0 Å². The van der Waals surface area contributed by atoms with Gasteiger partial charge in [0.25, 0.3) is 0 Å². The fourth-order valence-corrected chi connectivity index (χ4v) is 16.6. The van der Waals surface area contributed by atoms with E-state index in [0.29, 0.717) is 78.2 Å². The number of ether oxygens (including phenoxy) is 1. The number of rotatable bonds is 4. The summed E-state index contributed by atoms with van der Waals surface area (Å²) in [7, 11) is 1.48. The zero-order chi connectivity index (χ0) is 44.7. The molecule has 3 N–H and O–H groups in total. The molecule has 19 atom stereocenters. The van der Waals surface area contributed by atoms with Gasteiger partial charge in [-0.25, -0.2) is 0 Å². The Labute approximate surface area is 411 Å². The Bertz CT molecular complexity index is 1550. The molecular formula is C50H85ClI3O8-. The number of Topliss-reactive ketones (excluding diaryl/α,β-unsaturated/α-hetero) is 1. The van der Waals surface area contributed by atoms with E-state index in [0.717, 1.165) is 76.5 Å². The molecule has 362 valence electrons. The Kier molecular flexibility index (Phi) is 21.0. The zero-order valence-electron chi connectivity index (χ0n) is 37.9. The van der Waals surface area contributed by atoms with Gasteiger partial charge >= 0.3 is 62.4 Å². The van der Waals surface area contributed by atoms with E-state index in [-0.39, 0.29) is 78.2 Å². The van der Waals surface area contributed by atoms with Gasteiger partial charge in [-0.1, -0.05) is 69.7 Å². The summed E-state index contributed by atoms with van der Waals surface area (Å²) in [5.74, 6) is 4.36. The van der Waals surface area contributed by atoms with Crippen LogP contribution >= 0.6 is 48.8 Å². The van der Waals surface area contributed by atoms with Crippen molar-refractivity contribution < 1.29 is 52.5 Å². The van der Waals surface area contributed by atoms with Gasteiger partial charge in [-0.05, 0) is 182 Å². The predicted molar refractivity (Wildman–Crippen MR) is 263 cm³/mol. The standard InChI is InChI=1S/C23H36O4.C23H38O3.C2H3ClO.2CH4.I3/c1-13(21(26)27-4)16-5-6-17-20-18(8-10-23(16,17)3)22(2)9-7-15(24)11-14(22)12-19(20)25;1-13-7-9-22(3)15(11-13)12-19(24)20-17-6-5-16(14(2)21(25)26)23(17,4)10-8-18(20)22;1-2(3)4;;;1-3-2/h13-18,20,24H,5-12H2,1-4H3;13-20,24H,5-12H2,1-4H3,(H,25,26);1H3;2*1H4;/q;;;;;-1/t13-,14-,15+,16+,17-,18-,20-,22-,23+;13-,14+,15+,16-,17+,18+,19-,20+,22+,23-;;;;/m01..../s1. The molecule has 8 aliphatic rings. The fourth-order valence-electron chi connectivity index (χ4n) is 16.6. The summed E-state index contributed by atoms with van der Waals surface area (Å²) in [6.07, 6.45) is 16.7. The predicted octanol–water partition coefficient (Wildman–Crippen LogP) is 9.79. The van der Waals surface area contributed by atoms with Gasteiger partial charge < -0.3 is 20.1 Å². The third kappa shape index (κ3) is 10.9. The molecule has 8 rings (SSSR count). The summed E-state index contributed by atoms with van der Waals surface area (Å²) < 4.78 is 5.04. The molecule has 0 amide bonds. The molecule has 12 heteroatoms. The number of hydrogen-bond acceptors (Lipinski definition) is 7. The number of ketones is 1. The number of fused-ring (bicyclic) bond motifs is 10. The van der Waals surface area contributed by atoms with Crippen LogP contribution in [0.3, 0.4) is 0 Å². The first kappa shape index (κ1) is 57.0. The second kappa shape index (κ2) is 22.9. The number of esters is 1. The maximum atomic E-state index is 13.3. The number of aliphatic carboxylic acids is 1. The van der Waals surface area contributed by atoms with Crippen molar-refractivity contribution in [2.75, 3.05) is 7.11 Å². The minimum absolute atomic E-state index is 0. The molecule has 0 aromatic heterocycles. The summed E-state index contributed by atoms with van der Waals surface area (Å²) >= 11 is 9.94. The summed E-state index contributed by atoms with van der Waals surface area (Å²) in [5.41, 5.74) is 0.770. The van der Waals surface area contributed by atoms with E-state index in [1.807, 2.05) is 13.8 Å². The van der Waals surface area contributed by atoms with Crippen molar-refractivity contribution >= 4 is 71.8 Å². The monoisotopic (exact) mass is 1230 g/mol. The molecule has 62 heavy (non-hydrogen) atoms. The van der Waals surface area contributed by atoms with Gasteiger partial charge in [0.15, 0.2) is 0 Å². The van der Waals surface area contributed by atoms with Gasteiger partial charge in [-0.2, -0.15) is 0 Å². The average Bonchev–Trinajstić information content (AvgIpc) is 3.72. The van der Waals surface area contributed by atoms with Crippen molar-refractivity contribution in [2.45, 2.75) is 185 Å². The number of halogens is 4. The van der Waals surface area contributed by atoms with Gasteiger partial charge in [-0.15, -0.1) is 0 Å². The average molecular weight is 1230 g/mol. The molecule has 0 saturated heterocycles. The van der Waals surface area contributed by atoms with E-state index in [1.165, 1.54) is 39.7 Å². The molecular weight excluding hydrogens is 1140 g/mol. The second-order valence-corrected chi connectivity index (χ2v) is 38.9. The molecule has 8 saturated carbocycles. The molecule has 0 unspecified atom stereocenters. The van der Waals surface area contributed by atoms with Crippen molar-refractivity contribution in [3.63, 3.8) is 0 Å². The van der Waals surface area contributed by atoms with Crippen LogP contribution < -0.4 is 13.3 Å². The number of carboxylic acid groups (broad SMARTS) is 1. The van der Waals surface area contributed by atoms with Crippen molar-refractivity contribution in [1.29, 1.82) is 0 Å². The van der Waals surface area contributed by atoms with E-state index in [2.05, 4.69) is 83.5 Å². The first-order valence-corrected chi connectivity index (χ1v) is 36.2. The van der Waals surface area contributed by atoms with Gasteiger partial charge in [0.05, 0.1) is 31.2 Å². The third-order valence-electron chi connectivity index (χ3n) is 19.7. The summed E-state index contributed by atoms with van der Waals surface area (Å²) in [5, 5.41) is 30.6. The first-order valence-electron chi connectivity index (χ1n) is 23.3. The van der Waals surface area contributed by atoms with Crippen molar-refractivity contribution in [2.24, 2.45) is 98.6 Å². The van der Waals surface area contributed by atoms with E-state index >= 15 is 0 Å². The van der Waals surface area contributed by atoms with Crippen LogP contribution in [0.15, 0.2) is 0 Å². The topological polar surface area (TPSA) is 138 Å². The Balaban J connectivity index is 0.000000280. The second-order valence-electron chi connectivity index (χ2n) is 22.1. The van der Waals surface area contributed by atoms with Crippen molar-refractivity contribution in [1.82, 2.24) is 0 Å². The minimum atomic E-state index is -0.642. The van der Waals surface area contributed by atoms with E-state index in [9.17, 15) is 34.5 Å². The molecule has 8 aliphatic carbocycles. The Morgan fingerprint density at radius 3 is 1.74 bits per heavy atom. The van der Waals surface area contributed by atoms with Crippen LogP contribution in [0.25, 0.3) is 0 Å². The number of aliphatic hydroxyl groups excluding tert-OH is 2. The molecule has 0 aromatic carbocycles. The molecule has 0 spiro atoms. The first-order chi connectivity index (χ1) is 28.0. The molecule has 0 bridgehead atoms. The third-order valence-corrected chi connectivity index (χ3v) is 19.7. The molecule has 8 nitrogen and oxygen atoms in total. The Morgan fingerprint density at radius 1 is 0.726 bits per heavy atom. The van der Waals surface area contributed by atoms with Crippen LogP contribution in [-0.4, -0.2) is 57.6 Å². The summed E-state index contributed by atoms with van der Waals surface area (Å²) in [4.78, 5) is 46.4. The Hall–Kier alpha value is 0.680. The van der Waals surface area contributed by atoms with E-state index in [4.69, 9.17) is 4.74 Å². The van der Waals surface area contributed by atoms with E-state index in [1.54, 1.807) is 0 Å². The number of carboxylic acids is 1. The van der Waals surface area contributed by atoms with Gasteiger partial charge in [-0.3, -0.25) is 19.2 Å². The van der Waals surface area contributed by atoms with Crippen LogP contribution in [0, 0.1) is 98.6 Å². The van der Waals surface area contributed by atoms with E-state index < -0.39 is 5.97 Å². The van der Waals surface area contributed by atoms with Crippen LogP contribution in [0.5, 0.6) is 0 Å². The number of methoxy groups -OCH3 is 1. The van der Waals surface area contributed by atoms with Gasteiger partial charge in [0.1, 0.15) is 5.78 Å². The normalized spacial score (nSPS) is 45.6. The Morgan fingerprint density at radius 2 is 1.18 bits per heavy atom. The van der Waals surface area contributed by atoms with Crippen LogP contribution in [0.1, 0.15) is 173 Å². The van der Waals surface area contributed by atoms with Gasteiger partial charge in [0.2, 0.25) is 5.24 Å². The quantitative estimate of drug-likeness (QED) is 0.144. The number of carbonyl (C=O) groups is 4. The summed E-state index contributed by atoms with van der Waals surface area (Å²) in [6.45, 7) is 17.2. The SMILES string of the molecule is C.C.CC(=O)Cl.COC(=O)[C@@H](C)[C@H]1CC[C@H]2[C@@H]3C(=O)C[C@@H]4C[C@H](O)CC[C@]4(C)[C@H]3CC[C@]12C.C[C@@H]1CC[C@@]2(C)[C@@H](C1)C[C@@H](O)[C@@H]1[C@@H]2CC[C@]2(C)[C@@H]([C@H](C)C(=O)O)CC[C@@H]12.I[I-]I. The molecule has 0 heterocycles. The molecule has 0 radical (unpaired) electrons. The van der Waals surface area contributed by atoms with Crippen LogP contribution in [0.2, 0.25) is 0 Å².